The second-order valence-corrected chi connectivity index (χ2v) is 8.12. The molecule has 0 atom stereocenters. The number of para-hydroxylation sites is 1. The van der Waals surface area contributed by atoms with E-state index in [0.717, 1.165) is 17.8 Å². The maximum absolute atomic E-state index is 12.3. The Morgan fingerprint density at radius 1 is 1.14 bits per heavy atom. The minimum Gasteiger partial charge on any atom is -0.334 e. The standard InChI is InChI=1S/C18H23ClN2O/c19-15-3-1-2-4-16(15)21-17(22)11-20-18-8-12-5-13(9-18)7-14(6-12)10-18/h1-4,12-14,20H,5-11H2,(H,21,22)/p+1. The maximum Gasteiger partial charge on any atom is 0.279 e. The third-order valence-corrected chi connectivity index (χ3v) is 6.28. The topological polar surface area (TPSA) is 45.7 Å². The molecule has 3 N–H and O–H groups in total. The van der Waals surface area contributed by atoms with Crippen molar-refractivity contribution in [1.82, 2.24) is 0 Å². The summed E-state index contributed by atoms with van der Waals surface area (Å²) in [5.74, 6) is 2.83. The lowest BCUT2D eigenvalue weighted by Gasteiger charge is -2.54. The van der Waals surface area contributed by atoms with Gasteiger partial charge in [-0.3, -0.25) is 4.79 Å². The highest BCUT2D eigenvalue weighted by Gasteiger charge is 2.53. The molecular weight excluding hydrogens is 296 g/mol. The Morgan fingerprint density at radius 2 is 1.73 bits per heavy atom. The number of hydrogen-bond acceptors (Lipinski definition) is 1. The van der Waals surface area contributed by atoms with Crippen LogP contribution in [-0.4, -0.2) is 18.0 Å². The molecule has 1 amide bonds. The molecule has 4 fully saturated rings. The van der Waals surface area contributed by atoms with E-state index < -0.39 is 0 Å². The number of nitrogens with two attached hydrogens (primary N) is 1. The summed E-state index contributed by atoms with van der Waals surface area (Å²) < 4.78 is 0. The summed E-state index contributed by atoms with van der Waals surface area (Å²) >= 11 is 6.10. The van der Waals surface area contributed by atoms with E-state index in [0.29, 0.717) is 22.8 Å². The van der Waals surface area contributed by atoms with Crippen molar-refractivity contribution in [2.24, 2.45) is 17.8 Å². The minimum absolute atomic E-state index is 0.0591. The zero-order chi connectivity index (χ0) is 15.2. The first-order valence-electron chi connectivity index (χ1n) is 8.51. The molecule has 1 aromatic rings. The van der Waals surface area contributed by atoms with Crippen molar-refractivity contribution in [3.05, 3.63) is 29.3 Å². The zero-order valence-electron chi connectivity index (χ0n) is 12.9. The number of carbonyl (C=O) groups is 1. The predicted molar refractivity (Wildman–Crippen MR) is 87.8 cm³/mol. The average molecular weight is 320 g/mol. The maximum atomic E-state index is 12.3. The van der Waals surface area contributed by atoms with Gasteiger partial charge in [-0.25, -0.2) is 0 Å². The van der Waals surface area contributed by atoms with Gasteiger partial charge in [-0.1, -0.05) is 23.7 Å². The van der Waals surface area contributed by atoms with Gasteiger partial charge in [-0.2, -0.15) is 0 Å². The van der Waals surface area contributed by atoms with Crippen molar-refractivity contribution in [3.8, 4) is 0 Å². The first kappa shape index (κ1) is 14.5. The normalized spacial score (nSPS) is 35.6. The van der Waals surface area contributed by atoms with Gasteiger partial charge in [0.2, 0.25) is 0 Å². The third-order valence-electron chi connectivity index (χ3n) is 5.95. The molecule has 4 heteroatoms. The van der Waals surface area contributed by atoms with Crippen LogP contribution in [0.25, 0.3) is 0 Å². The van der Waals surface area contributed by atoms with Gasteiger partial charge in [-0.05, 0) is 49.1 Å². The molecule has 0 radical (unpaired) electrons. The molecule has 5 rings (SSSR count). The minimum atomic E-state index is 0.0591. The van der Waals surface area contributed by atoms with Crippen LogP contribution in [0.4, 0.5) is 5.69 Å². The van der Waals surface area contributed by atoms with Crippen LogP contribution < -0.4 is 10.6 Å². The lowest BCUT2D eigenvalue weighted by molar-refractivity contribution is -0.729. The van der Waals surface area contributed by atoms with Gasteiger partial charge < -0.3 is 10.6 Å². The summed E-state index contributed by atoms with van der Waals surface area (Å²) in [6.07, 6.45) is 8.28. The van der Waals surface area contributed by atoms with E-state index in [1.165, 1.54) is 38.5 Å². The van der Waals surface area contributed by atoms with Gasteiger partial charge >= 0.3 is 0 Å². The highest BCUT2D eigenvalue weighted by molar-refractivity contribution is 6.33. The van der Waals surface area contributed by atoms with Gasteiger partial charge in [-0.15, -0.1) is 0 Å². The number of halogens is 1. The number of nitrogens with one attached hydrogen (secondary N) is 1. The van der Waals surface area contributed by atoms with Crippen LogP contribution in [0.5, 0.6) is 0 Å². The summed E-state index contributed by atoms with van der Waals surface area (Å²) in [6, 6.07) is 7.43. The molecule has 3 nitrogen and oxygen atoms in total. The van der Waals surface area contributed by atoms with E-state index in [-0.39, 0.29) is 5.91 Å². The summed E-state index contributed by atoms with van der Waals surface area (Å²) in [4.78, 5) is 12.3. The SMILES string of the molecule is O=C(C[NH2+]C12CC3CC(CC(C3)C1)C2)Nc1ccccc1Cl. The van der Waals surface area contributed by atoms with Crippen molar-refractivity contribution >= 4 is 23.2 Å². The van der Waals surface area contributed by atoms with Crippen molar-refractivity contribution in [1.29, 1.82) is 0 Å². The van der Waals surface area contributed by atoms with Gasteiger partial charge in [0, 0.05) is 19.3 Å². The van der Waals surface area contributed by atoms with Crippen molar-refractivity contribution in [2.75, 3.05) is 11.9 Å². The Bertz CT molecular complexity index is 551. The van der Waals surface area contributed by atoms with Crippen LogP contribution in [0, 0.1) is 17.8 Å². The largest absolute Gasteiger partial charge is 0.334 e. The van der Waals surface area contributed by atoms with Gasteiger partial charge in [0.25, 0.3) is 5.91 Å². The molecule has 0 saturated heterocycles. The first-order valence-corrected chi connectivity index (χ1v) is 8.88. The van der Waals surface area contributed by atoms with Crippen LogP contribution in [0.1, 0.15) is 38.5 Å². The second-order valence-electron chi connectivity index (χ2n) is 7.72. The smallest absolute Gasteiger partial charge is 0.279 e. The second kappa shape index (κ2) is 5.54. The van der Waals surface area contributed by atoms with Crippen LogP contribution in [-0.2, 0) is 4.79 Å². The molecule has 118 valence electrons. The number of rotatable bonds is 4. The number of carbonyl (C=O) groups excluding carboxylic acids is 1. The monoisotopic (exact) mass is 319 g/mol. The van der Waals surface area contributed by atoms with Crippen molar-refractivity contribution in [2.45, 2.75) is 44.1 Å². The van der Waals surface area contributed by atoms with E-state index in [1.54, 1.807) is 6.07 Å². The van der Waals surface area contributed by atoms with Gasteiger partial charge in [0.05, 0.1) is 16.2 Å². The van der Waals surface area contributed by atoms with Crippen LogP contribution in [0.2, 0.25) is 5.02 Å². The molecule has 1 aromatic carbocycles. The highest BCUT2D eigenvalue weighted by Crippen LogP contribution is 2.54. The van der Waals surface area contributed by atoms with E-state index in [2.05, 4.69) is 10.6 Å². The van der Waals surface area contributed by atoms with Crippen molar-refractivity contribution in [3.63, 3.8) is 0 Å². The summed E-state index contributed by atoms with van der Waals surface area (Å²) in [5.41, 5.74) is 1.07. The number of anilines is 1. The Balaban J connectivity index is 1.37. The van der Waals surface area contributed by atoms with E-state index >= 15 is 0 Å². The number of benzene rings is 1. The predicted octanol–water partition coefficient (Wildman–Crippen LogP) is 2.81. The summed E-state index contributed by atoms with van der Waals surface area (Å²) in [5, 5.41) is 5.88. The molecule has 0 heterocycles. The fourth-order valence-corrected chi connectivity index (χ4v) is 5.68. The van der Waals surface area contributed by atoms with E-state index in [1.807, 2.05) is 18.2 Å². The molecule has 4 bridgehead atoms. The van der Waals surface area contributed by atoms with Crippen LogP contribution in [0.3, 0.4) is 0 Å². The number of hydrogen-bond donors (Lipinski definition) is 2. The molecule has 0 aromatic heterocycles. The lowest BCUT2D eigenvalue weighted by atomic mass is 9.53. The zero-order valence-corrected chi connectivity index (χ0v) is 13.6. The van der Waals surface area contributed by atoms with Gasteiger partial charge in [0.15, 0.2) is 6.54 Å². The molecular formula is C18H24ClN2O+. The highest BCUT2D eigenvalue weighted by atomic mass is 35.5. The Labute approximate surface area is 136 Å². The fraction of sp³-hybridized carbons (Fsp3) is 0.611. The Kier molecular flexibility index (Phi) is 3.66. The molecule has 4 saturated carbocycles. The van der Waals surface area contributed by atoms with Crippen molar-refractivity contribution < 1.29 is 10.1 Å². The third kappa shape index (κ3) is 2.77. The number of amides is 1. The number of quaternary nitrogens is 1. The summed E-state index contributed by atoms with van der Waals surface area (Å²) in [7, 11) is 0. The van der Waals surface area contributed by atoms with E-state index in [9.17, 15) is 4.79 Å². The van der Waals surface area contributed by atoms with Crippen LogP contribution in [0.15, 0.2) is 24.3 Å². The average Bonchev–Trinajstić information content (AvgIpc) is 2.46. The Hall–Kier alpha value is -1.06. The van der Waals surface area contributed by atoms with Gasteiger partial charge in [0.1, 0.15) is 0 Å². The molecule has 0 spiro atoms. The summed E-state index contributed by atoms with van der Waals surface area (Å²) in [6.45, 7) is 0.511. The fourth-order valence-electron chi connectivity index (χ4n) is 5.50. The molecule has 22 heavy (non-hydrogen) atoms. The molecule has 4 aliphatic carbocycles. The first-order chi connectivity index (χ1) is 10.6. The molecule has 4 aliphatic rings. The Morgan fingerprint density at radius 3 is 2.32 bits per heavy atom. The van der Waals surface area contributed by atoms with E-state index in [4.69, 9.17) is 11.6 Å². The lowest BCUT2D eigenvalue weighted by Crippen LogP contribution is -3.00. The quantitative estimate of drug-likeness (QED) is 0.880. The molecule has 0 aliphatic heterocycles. The molecule has 0 unspecified atom stereocenters. The van der Waals surface area contributed by atoms with Crippen LogP contribution >= 0.6 is 11.6 Å².